The number of ether oxygens (including phenoxy) is 3. The molecule has 0 aromatic heterocycles. The lowest BCUT2D eigenvalue weighted by atomic mass is 10.6. The van der Waals surface area contributed by atoms with E-state index in [0.29, 0.717) is 33.0 Å². The Hall–Kier alpha value is -0.420. The zero-order chi connectivity index (χ0) is 9.94. The van der Waals surface area contributed by atoms with Crippen molar-refractivity contribution in [2.24, 2.45) is 0 Å². The predicted octanol–water partition coefficient (Wildman–Crippen LogP) is 0.560. The summed E-state index contributed by atoms with van der Waals surface area (Å²) in [5, 5.41) is 8.88. The Balaban J connectivity index is 2.95. The summed E-state index contributed by atoms with van der Waals surface area (Å²) in [4.78, 5) is 0. The van der Waals surface area contributed by atoms with Gasteiger partial charge in [-0.2, -0.15) is 0 Å². The molecule has 4 nitrogen and oxygen atoms in total. The van der Waals surface area contributed by atoms with Crippen LogP contribution in [0.5, 0.6) is 0 Å². The van der Waals surface area contributed by atoms with Crippen molar-refractivity contribution >= 4 is 0 Å². The molecule has 0 bridgehead atoms. The van der Waals surface area contributed by atoms with E-state index in [9.17, 15) is 0 Å². The van der Waals surface area contributed by atoms with Gasteiger partial charge < -0.3 is 19.3 Å². The van der Waals surface area contributed by atoms with Crippen molar-refractivity contribution in [1.29, 1.82) is 0 Å². The quantitative estimate of drug-likeness (QED) is 0.328. The van der Waals surface area contributed by atoms with Gasteiger partial charge in [-0.1, -0.05) is 6.58 Å². The number of rotatable bonds is 9. The van der Waals surface area contributed by atoms with Crippen LogP contribution in [-0.2, 0) is 14.2 Å². The van der Waals surface area contributed by atoms with Crippen molar-refractivity contribution < 1.29 is 19.3 Å². The Morgan fingerprint density at radius 1 is 1.23 bits per heavy atom. The van der Waals surface area contributed by atoms with E-state index in [1.807, 2.05) is 6.92 Å². The lowest BCUT2D eigenvalue weighted by Crippen LogP contribution is -2.14. The summed E-state index contributed by atoms with van der Waals surface area (Å²) in [5.41, 5.74) is 0. The molecule has 0 aromatic rings. The molecule has 0 spiro atoms. The fraction of sp³-hybridized carbons (Fsp3) is 0.778. The van der Waals surface area contributed by atoms with Crippen molar-refractivity contribution in [1.82, 2.24) is 0 Å². The molecule has 0 rings (SSSR count). The SMILES string of the molecule is C=CC(O)OCCOCCOCC. The molecular formula is C9H18O4. The van der Waals surface area contributed by atoms with Crippen LogP contribution in [-0.4, -0.2) is 44.4 Å². The van der Waals surface area contributed by atoms with Gasteiger partial charge in [0.05, 0.1) is 26.4 Å². The first-order valence-electron chi connectivity index (χ1n) is 4.39. The number of hydrogen-bond acceptors (Lipinski definition) is 4. The first-order chi connectivity index (χ1) is 6.31. The number of hydrogen-bond donors (Lipinski definition) is 1. The Bertz CT molecular complexity index is 116. The second-order valence-electron chi connectivity index (χ2n) is 2.31. The largest absolute Gasteiger partial charge is 0.379 e. The fourth-order valence-electron chi connectivity index (χ4n) is 0.660. The molecule has 0 saturated carbocycles. The minimum Gasteiger partial charge on any atom is -0.379 e. The summed E-state index contributed by atoms with van der Waals surface area (Å²) in [6.07, 6.45) is 0.427. The molecule has 13 heavy (non-hydrogen) atoms. The van der Waals surface area contributed by atoms with Crippen LogP contribution < -0.4 is 0 Å². The van der Waals surface area contributed by atoms with Crippen LogP contribution in [0.2, 0.25) is 0 Å². The highest BCUT2D eigenvalue weighted by molar-refractivity contribution is 4.69. The zero-order valence-corrected chi connectivity index (χ0v) is 8.07. The van der Waals surface area contributed by atoms with Crippen LogP contribution in [0.3, 0.4) is 0 Å². The van der Waals surface area contributed by atoms with Crippen LogP contribution >= 0.6 is 0 Å². The van der Waals surface area contributed by atoms with Crippen LogP contribution in [0.1, 0.15) is 6.92 Å². The highest BCUT2D eigenvalue weighted by Gasteiger charge is 1.95. The van der Waals surface area contributed by atoms with E-state index >= 15 is 0 Å². The van der Waals surface area contributed by atoms with E-state index < -0.39 is 6.29 Å². The van der Waals surface area contributed by atoms with E-state index in [2.05, 4.69) is 6.58 Å². The molecule has 0 amide bonds. The molecule has 0 aromatic carbocycles. The molecular weight excluding hydrogens is 172 g/mol. The Morgan fingerprint density at radius 2 is 1.85 bits per heavy atom. The molecule has 1 N–H and O–H groups in total. The molecule has 0 radical (unpaired) electrons. The van der Waals surface area contributed by atoms with Gasteiger partial charge in [-0.05, 0) is 13.0 Å². The Morgan fingerprint density at radius 3 is 2.46 bits per heavy atom. The molecule has 0 heterocycles. The third-order valence-corrected chi connectivity index (χ3v) is 1.29. The molecule has 1 unspecified atom stereocenters. The zero-order valence-electron chi connectivity index (χ0n) is 8.07. The lowest BCUT2D eigenvalue weighted by Gasteiger charge is -2.07. The van der Waals surface area contributed by atoms with Gasteiger partial charge in [-0.15, -0.1) is 0 Å². The van der Waals surface area contributed by atoms with Crippen molar-refractivity contribution in [2.45, 2.75) is 13.2 Å². The first-order valence-corrected chi connectivity index (χ1v) is 4.39. The van der Waals surface area contributed by atoms with Crippen molar-refractivity contribution in [2.75, 3.05) is 33.0 Å². The van der Waals surface area contributed by atoms with Gasteiger partial charge in [0.1, 0.15) is 0 Å². The highest BCUT2D eigenvalue weighted by atomic mass is 16.6. The van der Waals surface area contributed by atoms with E-state index in [1.54, 1.807) is 0 Å². The second-order valence-corrected chi connectivity index (χ2v) is 2.31. The lowest BCUT2D eigenvalue weighted by molar-refractivity contribution is -0.0834. The average molecular weight is 190 g/mol. The summed E-state index contributed by atoms with van der Waals surface area (Å²) in [6, 6.07) is 0. The van der Waals surface area contributed by atoms with Crippen molar-refractivity contribution in [3.05, 3.63) is 12.7 Å². The van der Waals surface area contributed by atoms with Crippen molar-refractivity contribution in [3.8, 4) is 0 Å². The number of aliphatic hydroxyl groups excluding tert-OH is 1. The van der Waals surface area contributed by atoms with Gasteiger partial charge in [0, 0.05) is 6.61 Å². The van der Waals surface area contributed by atoms with Crippen LogP contribution in [0.4, 0.5) is 0 Å². The topological polar surface area (TPSA) is 47.9 Å². The maximum absolute atomic E-state index is 8.88. The summed E-state index contributed by atoms with van der Waals surface area (Å²) >= 11 is 0. The molecule has 0 saturated heterocycles. The third-order valence-electron chi connectivity index (χ3n) is 1.29. The average Bonchev–Trinajstić information content (AvgIpc) is 2.16. The minimum atomic E-state index is -0.893. The molecule has 78 valence electrons. The van der Waals surface area contributed by atoms with Gasteiger partial charge in [-0.3, -0.25) is 0 Å². The minimum absolute atomic E-state index is 0.360. The van der Waals surface area contributed by atoms with E-state index in [-0.39, 0.29) is 0 Å². The summed E-state index contributed by atoms with van der Waals surface area (Å²) in [6.45, 7) is 7.97. The van der Waals surface area contributed by atoms with Gasteiger partial charge in [0.25, 0.3) is 0 Å². The molecule has 0 fully saturated rings. The van der Waals surface area contributed by atoms with Crippen LogP contribution in [0, 0.1) is 0 Å². The highest BCUT2D eigenvalue weighted by Crippen LogP contribution is 1.87. The van der Waals surface area contributed by atoms with E-state index in [0.717, 1.165) is 0 Å². The summed E-state index contributed by atoms with van der Waals surface area (Å²) < 4.78 is 15.1. The smallest absolute Gasteiger partial charge is 0.173 e. The van der Waals surface area contributed by atoms with Gasteiger partial charge in [0.2, 0.25) is 0 Å². The van der Waals surface area contributed by atoms with Crippen molar-refractivity contribution in [3.63, 3.8) is 0 Å². The first kappa shape index (κ1) is 12.6. The van der Waals surface area contributed by atoms with E-state index in [4.69, 9.17) is 19.3 Å². The Kier molecular flexibility index (Phi) is 9.35. The van der Waals surface area contributed by atoms with Crippen LogP contribution in [0.15, 0.2) is 12.7 Å². The van der Waals surface area contributed by atoms with Gasteiger partial charge in [-0.25, -0.2) is 0 Å². The molecule has 1 atom stereocenters. The molecule has 0 aliphatic heterocycles. The van der Waals surface area contributed by atoms with Crippen LogP contribution in [0.25, 0.3) is 0 Å². The normalized spacial score (nSPS) is 12.8. The van der Waals surface area contributed by atoms with Gasteiger partial charge in [0.15, 0.2) is 6.29 Å². The second kappa shape index (κ2) is 9.67. The fourth-order valence-corrected chi connectivity index (χ4v) is 0.660. The monoisotopic (exact) mass is 190 g/mol. The van der Waals surface area contributed by atoms with E-state index in [1.165, 1.54) is 6.08 Å². The molecule has 0 aliphatic rings. The summed E-state index contributed by atoms with van der Waals surface area (Å²) in [5.74, 6) is 0. The number of aliphatic hydroxyl groups is 1. The Labute approximate surface area is 79.1 Å². The maximum Gasteiger partial charge on any atom is 0.173 e. The summed E-state index contributed by atoms with van der Waals surface area (Å²) in [7, 11) is 0. The molecule has 4 heteroatoms. The predicted molar refractivity (Wildman–Crippen MR) is 49.5 cm³/mol. The third kappa shape index (κ3) is 9.49. The molecule has 0 aliphatic carbocycles. The van der Waals surface area contributed by atoms with Gasteiger partial charge >= 0.3 is 0 Å². The maximum atomic E-state index is 8.88. The standard InChI is InChI=1S/C9H18O4/c1-3-9(10)13-8-7-12-6-5-11-4-2/h3,9-10H,1,4-8H2,2H3.